The molecular weight excluding hydrogens is 282 g/mol. The Bertz CT molecular complexity index is 631. The predicted octanol–water partition coefficient (Wildman–Crippen LogP) is 1.09. The molecule has 0 aliphatic carbocycles. The van der Waals surface area contributed by atoms with E-state index in [1.54, 1.807) is 0 Å². The summed E-state index contributed by atoms with van der Waals surface area (Å²) >= 11 is 0. The second-order valence-electron chi connectivity index (χ2n) is 3.88. The Morgan fingerprint density at radius 1 is 1.50 bits per heavy atom. The van der Waals surface area contributed by atoms with Crippen LogP contribution in [0.4, 0.5) is 0 Å². The number of nitrogens with one attached hydrogen (secondary N) is 1. The van der Waals surface area contributed by atoms with E-state index in [-0.39, 0.29) is 22.8 Å². The van der Waals surface area contributed by atoms with Gasteiger partial charge in [0, 0.05) is 13.0 Å². The van der Waals surface area contributed by atoms with E-state index in [9.17, 15) is 13.2 Å². The SMILES string of the molecule is C#CCCCNS(=O)(=O)c1ccc(C(=O)O)cc1OC. The van der Waals surface area contributed by atoms with Crippen molar-refractivity contribution in [3.8, 4) is 18.1 Å². The first-order valence-electron chi connectivity index (χ1n) is 5.77. The maximum absolute atomic E-state index is 12.1. The highest BCUT2D eigenvalue weighted by Gasteiger charge is 2.20. The molecule has 0 aliphatic rings. The van der Waals surface area contributed by atoms with E-state index >= 15 is 0 Å². The molecule has 0 radical (unpaired) electrons. The minimum absolute atomic E-state index is 0.0191. The number of carboxylic acid groups (broad SMARTS) is 1. The molecule has 0 aromatic heterocycles. The number of ether oxygens (including phenoxy) is 1. The summed E-state index contributed by atoms with van der Waals surface area (Å²) in [6, 6.07) is 3.57. The van der Waals surface area contributed by atoms with Crippen LogP contribution in [-0.4, -0.2) is 33.1 Å². The molecule has 1 rings (SSSR count). The van der Waals surface area contributed by atoms with Crippen LogP contribution in [0.2, 0.25) is 0 Å². The molecule has 0 fully saturated rings. The molecular formula is C13H15NO5S. The Morgan fingerprint density at radius 3 is 2.75 bits per heavy atom. The third-order valence-corrected chi connectivity index (χ3v) is 3.99. The van der Waals surface area contributed by atoms with Crippen LogP contribution in [0.25, 0.3) is 0 Å². The van der Waals surface area contributed by atoms with E-state index in [1.807, 2.05) is 0 Å². The molecule has 0 bridgehead atoms. The first-order valence-corrected chi connectivity index (χ1v) is 7.25. The molecule has 0 aliphatic heterocycles. The maximum Gasteiger partial charge on any atom is 0.335 e. The summed E-state index contributed by atoms with van der Waals surface area (Å²) in [6.07, 6.45) is 6.07. The van der Waals surface area contributed by atoms with Crippen molar-refractivity contribution in [3.05, 3.63) is 23.8 Å². The summed E-state index contributed by atoms with van der Waals surface area (Å²) in [6.45, 7) is 0.205. The van der Waals surface area contributed by atoms with Crippen molar-refractivity contribution in [1.82, 2.24) is 4.72 Å². The van der Waals surface area contributed by atoms with Gasteiger partial charge in [-0.05, 0) is 24.6 Å². The number of methoxy groups -OCH3 is 1. The summed E-state index contributed by atoms with van der Waals surface area (Å²) in [4.78, 5) is 10.7. The lowest BCUT2D eigenvalue weighted by molar-refractivity contribution is 0.0696. The van der Waals surface area contributed by atoms with Crippen molar-refractivity contribution in [1.29, 1.82) is 0 Å². The lowest BCUT2D eigenvalue weighted by Gasteiger charge is -2.11. The largest absolute Gasteiger partial charge is 0.495 e. The van der Waals surface area contributed by atoms with Crippen LogP contribution in [0.15, 0.2) is 23.1 Å². The zero-order valence-corrected chi connectivity index (χ0v) is 11.7. The van der Waals surface area contributed by atoms with Crippen LogP contribution >= 0.6 is 0 Å². The van der Waals surface area contributed by atoms with Crippen molar-refractivity contribution in [3.63, 3.8) is 0 Å². The molecule has 0 heterocycles. The molecule has 0 amide bonds. The van der Waals surface area contributed by atoms with Crippen LogP contribution < -0.4 is 9.46 Å². The smallest absolute Gasteiger partial charge is 0.335 e. The molecule has 0 saturated carbocycles. The third kappa shape index (κ3) is 3.98. The van der Waals surface area contributed by atoms with Gasteiger partial charge in [0.2, 0.25) is 10.0 Å². The first-order chi connectivity index (χ1) is 9.42. The highest BCUT2D eigenvalue weighted by atomic mass is 32.2. The van der Waals surface area contributed by atoms with E-state index in [1.165, 1.54) is 25.3 Å². The fraction of sp³-hybridized carbons (Fsp3) is 0.308. The van der Waals surface area contributed by atoms with Crippen molar-refractivity contribution in [2.75, 3.05) is 13.7 Å². The molecule has 1 aromatic rings. The van der Waals surface area contributed by atoms with E-state index < -0.39 is 16.0 Å². The fourth-order valence-electron chi connectivity index (χ4n) is 1.50. The number of hydrogen-bond donors (Lipinski definition) is 2. The van der Waals surface area contributed by atoms with Gasteiger partial charge in [0.1, 0.15) is 10.6 Å². The molecule has 6 nitrogen and oxygen atoms in total. The Labute approximate surface area is 117 Å². The second-order valence-corrected chi connectivity index (χ2v) is 5.61. The monoisotopic (exact) mass is 297 g/mol. The van der Waals surface area contributed by atoms with Gasteiger partial charge in [-0.2, -0.15) is 0 Å². The summed E-state index contributed by atoms with van der Waals surface area (Å²) in [7, 11) is -2.49. The molecule has 0 spiro atoms. The van der Waals surface area contributed by atoms with Crippen LogP contribution in [0.5, 0.6) is 5.75 Å². The standard InChI is InChI=1S/C13H15NO5S/c1-3-4-5-8-14-20(17,18)12-7-6-10(13(15)16)9-11(12)19-2/h1,6-7,9,14H,4-5,8H2,2H3,(H,15,16). The Morgan fingerprint density at radius 2 is 2.20 bits per heavy atom. The van der Waals surface area contributed by atoms with Crippen LogP contribution in [0.3, 0.4) is 0 Å². The predicted molar refractivity (Wildman–Crippen MR) is 73.2 cm³/mol. The van der Waals surface area contributed by atoms with E-state index in [4.69, 9.17) is 16.3 Å². The van der Waals surface area contributed by atoms with Crippen molar-refractivity contribution in [2.45, 2.75) is 17.7 Å². The molecule has 1 aromatic carbocycles. The number of carbonyl (C=O) groups is 1. The summed E-state index contributed by atoms with van der Waals surface area (Å²) in [5.74, 6) is 1.23. The summed E-state index contributed by atoms with van der Waals surface area (Å²) in [5.41, 5.74) is -0.0480. The van der Waals surface area contributed by atoms with E-state index in [0.717, 1.165) is 0 Å². The Hall–Kier alpha value is -2.04. The number of benzene rings is 1. The first kappa shape index (κ1) is 16.0. The number of rotatable bonds is 7. The highest BCUT2D eigenvalue weighted by Crippen LogP contribution is 2.24. The minimum Gasteiger partial charge on any atom is -0.495 e. The van der Waals surface area contributed by atoms with E-state index in [2.05, 4.69) is 10.6 Å². The van der Waals surface area contributed by atoms with Crippen LogP contribution in [-0.2, 0) is 10.0 Å². The lowest BCUT2D eigenvalue weighted by Crippen LogP contribution is -2.25. The quantitative estimate of drug-likeness (QED) is 0.580. The average molecular weight is 297 g/mol. The molecule has 20 heavy (non-hydrogen) atoms. The van der Waals surface area contributed by atoms with E-state index in [0.29, 0.717) is 12.8 Å². The highest BCUT2D eigenvalue weighted by molar-refractivity contribution is 7.89. The van der Waals surface area contributed by atoms with Gasteiger partial charge < -0.3 is 9.84 Å². The fourth-order valence-corrected chi connectivity index (χ4v) is 2.72. The van der Waals surface area contributed by atoms with Gasteiger partial charge in [0.05, 0.1) is 12.7 Å². The van der Waals surface area contributed by atoms with Crippen molar-refractivity contribution >= 4 is 16.0 Å². The number of aromatic carboxylic acids is 1. The molecule has 0 saturated heterocycles. The Kier molecular flexibility index (Phi) is 5.55. The van der Waals surface area contributed by atoms with Gasteiger partial charge in [-0.1, -0.05) is 0 Å². The average Bonchev–Trinajstić information content (AvgIpc) is 2.42. The zero-order chi connectivity index (χ0) is 15.2. The van der Waals surface area contributed by atoms with Gasteiger partial charge in [-0.15, -0.1) is 12.3 Å². The van der Waals surface area contributed by atoms with Crippen molar-refractivity contribution in [2.24, 2.45) is 0 Å². The van der Waals surface area contributed by atoms with Gasteiger partial charge in [0.15, 0.2) is 0 Å². The molecule has 108 valence electrons. The molecule has 7 heteroatoms. The summed E-state index contributed by atoms with van der Waals surface area (Å²) in [5, 5.41) is 8.86. The number of terminal acetylenes is 1. The molecule has 2 N–H and O–H groups in total. The van der Waals surface area contributed by atoms with Gasteiger partial charge in [-0.3, -0.25) is 0 Å². The Balaban J connectivity index is 3.00. The van der Waals surface area contributed by atoms with Gasteiger partial charge in [-0.25, -0.2) is 17.9 Å². The zero-order valence-electron chi connectivity index (χ0n) is 10.9. The van der Waals surface area contributed by atoms with Gasteiger partial charge in [0.25, 0.3) is 0 Å². The molecule has 0 unspecified atom stereocenters. The van der Waals surface area contributed by atoms with Crippen LogP contribution in [0, 0.1) is 12.3 Å². The maximum atomic E-state index is 12.1. The number of unbranched alkanes of at least 4 members (excludes halogenated alkanes) is 1. The topological polar surface area (TPSA) is 92.7 Å². The van der Waals surface area contributed by atoms with Crippen molar-refractivity contribution < 1.29 is 23.1 Å². The lowest BCUT2D eigenvalue weighted by atomic mass is 10.2. The molecule has 0 atom stereocenters. The number of hydrogen-bond acceptors (Lipinski definition) is 4. The number of carboxylic acids is 1. The normalized spacial score (nSPS) is 10.8. The minimum atomic E-state index is -3.76. The number of sulfonamides is 1. The third-order valence-electron chi connectivity index (χ3n) is 2.49. The second kappa shape index (κ2) is 6.93. The van der Waals surface area contributed by atoms with Gasteiger partial charge >= 0.3 is 5.97 Å². The summed E-state index contributed by atoms with van der Waals surface area (Å²) < 4.78 is 31.4. The van der Waals surface area contributed by atoms with Crippen LogP contribution in [0.1, 0.15) is 23.2 Å².